The number of ether oxygens (including phenoxy) is 3. The lowest BCUT2D eigenvalue weighted by molar-refractivity contribution is -0.141. The molecular formula is C19H22N2O5S. The second-order valence-corrected chi connectivity index (χ2v) is 7.47. The molecule has 3 rings (SSSR count). The molecule has 0 saturated carbocycles. The Balaban J connectivity index is 2.03. The second kappa shape index (κ2) is 8.14. The summed E-state index contributed by atoms with van der Waals surface area (Å²) in [5, 5.41) is 0.361. The van der Waals surface area contributed by atoms with E-state index in [-0.39, 0.29) is 17.8 Å². The Morgan fingerprint density at radius 1 is 1.22 bits per heavy atom. The summed E-state index contributed by atoms with van der Waals surface area (Å²) in [7, 11) is 3.13. The number of hydrogen-bond acceptors (Lipinski definition) is 7. The minimum absolute atomic E-state index is 0.0748. The molecule has 0 aromatic heterocycles. The number of amides is 1. The van der Waals surface area contributed by atoms with Gasteiger partial charge in [-0.3, -0.25) is 9.69 Å². The molecule has 0 N–H and O–H groups in total. The molecular weight excluding hydrogens is 368 g/mol. The molecule has 1 aromatic rings. The molecule has 0 bridgehead atoms. The van der Waals surface area contributed by atoms with Crippen LogP contribution in [0.5, 0.6) is 5.75 Å². The van der Waals surface area contributed by atoms with Crippen molar-refractivity contribution >= 4 is 28.8 Å². The van der Waals surface area contributed by atoms with Crippen LogP contribution >= 0.6 is 11.8 Å². The van der Waals surface area contributed by atoms with E-state index in [1.54, 1.807) is 31.1 Å². The summed E-state index contributed by atoms with van der Waals surface area (Å²) in [5.74, 6) is 0.128. The third-order valence-electron chi connectivity index (χ3n) is 4.43. The topological polar surface area (TPSA) is 77.4 Å². The molecule has 0 radical (unpaired) electrons. The van der Waals surface area contributed by atoms with Crippen molar-refractivity contribution in [3.8, 4) is 5.75 Å². The fourth-order valence-electron chi connectivity index (χ4n) is 3.06. The van der Waals surface area contributed by atoms with E-state index in [4.69, 9.17) is 14.2 Å². The lowest BCUT2D eigenvalue weighted by Crippen LogP contribution is -2.40. The third-order valence-corrected chi connectivity index (χ3v) is 5.48. The molecule has 7 nitrogen and oxygen atoms in total. The standard InChI is InChI=1S/C19H22N2O5S/c1-11-15(18(23)26-10-9-24-3)16(13-5-7-14(25-4)8-6-13)21-17(22)12(2)27-19(21)20-11/h5-8,12,16H,9-10H2,1-4H3/t12-,16+/m1/s1. The van der Waals surface area contributed by atoms with Crippen LogP contribution in [0, 0.1) is 0 Å². The van der Waals surface area contributed by atoms with Crippen LogP contribution in [0.15, 0.2) is 40.5 Å². The minimum atomic E-state index is -0.580. The molecule has 144 valence electrons. The first-order valence-electron chi connectivity index (χ1n) is 8.57. The third kappa shape index (κ3) is 3.72. The predicted molar refractivity (Wildman–Crippen MR) is 103 cm³/mol. The minimum Gasteiger partial charge on any atom is -0.497 e. The van der Waals surface area contributed by atoms with E-state index in [2.05, 4.69) is 4.99 Å². The van der Waals surface area contributed by atoms with Crippen LogP contribution in [0.1, 0.15) is 25.5 Å². The number of allylic oxidation sites excluding steroid dienone is 1. The van der Waals surface area contributed by atoms with Crippen molar-refractivity contribution in [2.45, 2.75) is 25.1 Å². The van der Waals surface area contributed by atoms with Crippen molar-refractivity contribution in [2.75, 3.05) is 27.4 Å². The number of fused-ring (bicyclic) bond motifs is 1. The zero-order valence-corrected chi connectivity index (χ0v) is 16.5. The number of carbonyl (C=O) groups is 2. The molecule has 0 spiro atoms. The van der Waals surface area contributed by atoms with Crippen LogP contribution in [0.2, 0.25) is 0 Å². The van der Waals surface area contributed by atoms with Crippen molar-refractivity contribution < 1.29 is 23.8 Å². The van der Waals surface area contributed by atoms with Crippen molar-refractivity contribution in [3.05, 3.63) is 41.1 Å². The Hall–Kier alpha value is -2.32. The van der Waals surface area contributed by atoms with Gasteiger partial charge < -0.3 is 14.2 Å². The summed E-state index contributed by atoms with van der Waals surface area (Å²) in [6.45, 7) is 4.04. The summed E-state index contributed by atoms with van der Waals surface area (Å²) < 4.78 is 15.5. The summed E-state index contributed by atoms with van der Waals surface area (Å²) in [5.41, 5.74) is 1.71. The summed E-state index contributed by atoms with van der Waals surface area (Å²) in [4.78, 5) is 31.7. The summed E-state index contributed by atoms with van der Waals surface area (Å²) >= 11 is 1.40. The molecule has 2 atom stereocenters. The van der Waals surface area contributed by atoms with Crippen LogP contribution in [-0.4, -0.2) is 54.6 Å². The smallest absolute Gasteiger partial charge is 0.338 e. The Labute approximate surface area is 162 Å². The van der Waals surface area contributed by atoms with E-state index in [1.165, 1.54) is 18.9 Å². The van der Waals surface area contributed by atoms with Gasteiger partial charge in [-0.1, -0.05) is 23.9 Å². The maximum atomic E-state index is 12.8. The molecule has 1 amide bonds. The number of amidine groups is 1. The maximum Gasteiger partial charge on any atom is 0.338 e. The number of nitrogens with zero attached hydrogens (tertiary/aromatic N) is 2. The Kier molecular flexibility index (Phi) is 5.86. The fraction of sp³-hybridized carbons (Fsp3) is 0.421. The fourth-order valence-corrected chi connectivity index (χ4v) is 4.09. The highest BCUT2D eigenvalue weighted by Gasteiger charge is 2.46. The molecule has 0 aliphatic carbocycles. The molecule has 2 heterocycles. The number of rotatable bonds is 6. The predicted octanol–water partition coefficient (Wildman–Crippen LogP) is 2.53. The summed E-state index contributed by atoms with van der Waals surface area (Å²) in [6.07, 6.45) is 0. The number of aliphatic imine (C=N–C) groups is 1. The van der Waals surface area contributed by atoms with Crippen LogP contribution in [0.3, 0.4) is 0 Å². The van der Waals surface area contributed by atoms with E-state index in [0.29, 0.717) is 28.8 Å². The average molecular weight is 390 g/mol. The summed E-state index contributed by atoms with van der Waals surface area (Å²) in [6, 6.07) is 6.73. The number of benzene rings is 1. The Bertz CT molecular complexity index is 803. The van der Waals surface area contributed by atoms with E-state index < -0.39 is 12.0 Å². The first kappa shape index (κ1) is 19.4. The molecule has 1 aromatic carbocycles. The van der Waals surface area contributed by atoms with Gasteiger partial charge in [0.25, 0.3) is 0 Å². The van der Waals surface area contributed by atoms with Gasteiger partial charge in [0, 0.05) is 7.11 Å². The highest BCUT2D eigenvalue weighted by Crippen LogP contribution is 2.43. The number of hydrogen-bond donors (Lipinski definition) is 0. The van der Waals surface area contributed by atoms with Crippen molar-refractivity contribution in [1.82, 2.24) is 4.90 Å². The van der Waals surface area contributed by atoms with Gasteiger partial charge in [-0.25, -0.2) is 9.79 Å². The van der Waals surface area contributed by atoms with Crippen molar-refractivity contribution in [1.29, 1.82) is 0 Å². The van der Waals surface area contributed by atoms with E-state index >= 15 is 0 Å². The molecule has 1 saturated heterocycles. The first-order valence-corrected chi connectivity index (χ1v) is 9.45. The monoisotopic (exact) mass is 390 g/mol. The van der Waals surface area contributed by atoms with E-state index in [9.17, 15) is 9.59 Å². The average Bonchev–Trinajstić information content (AvgIpc) is 2.94. The number of esters is 1. The van der Waals surface area contributed by atoms with Crippen LogP contribution in [-0.2, 0) is 19.1 Å². The zero-order valence-electron chi connectivity index (χ0n) is 15.7. The Morgan fingerprint density at radius 3 is 2.56 bits per heavy atom. The number of methoxy groups -OCH3 is 2. The van der Waals surface area contributed by atoms with Gasteiger partial charge in [0.1, 0.15) is 12.4 Å². The molecule has 27 heavy (non-hydrogen) atoms. The lowest BCUT2D eigenvalue weighted by atomic mass is 9.94. The van der Waals surface area contributed by atoms with Gasteiger partial charge in [0.15, 0.2) is 5.17 Å². The molecule has 2 aliphatic rings. The van der Waals surface area contributed by atoms with E-state index in [0.717, 1.165) is 5.56 Å². The van der Waals surface area contributed by atoms with E-state index in [1.807, 2.05) is 19.1 Å². The number of carbonyl (C=O) groups excluding carboxylic acids is 2. The van der Waals surface area contributed by atoms with Crippen LogP contribution < -0.4 is 4.74 Å². The quantitative estimate of drug-likeness (QED) is 0.549. The van der Waals surface area contributed by atoms with Gasteiger partial charge in [0.2, 0.25) is 5.91 Å². The molecule has 1 fully saturated rings. The maximum absolute atomic E-state index is 12.8. The highest BCUT2D eigenvalue weighted by molar-refractivity contribution is 8.15. The lowest BCUT2D eigenvalue weighted by Gasteiger charge is -2.33. The van der Waals surface area contributed by atoms with Gasteiger partial charge in [-0.05, 0) is 31.5 Å². The SMILES string of the molecule is COCCOC(=O)C1=C(C)N=C2S[C@H](C)C(=O)N2[C@H]1c1ccc(OC)cc1. The van der Waals surface area contributed by atoms with Crippen molar-refractivity contribution in [2.24, 2.45) is 4.99 Å². The number of thioether (sulfide) groups is 1. The largest absolute Gasteiger partial charge is 0.497 e. The van der Waals surface area contributed by atoms with Gasteiger partial charge >= 0.3 is 5.97 Å². The second-order valence-electron chi connectivity index (χ2n) is 6.17. The Morgan fingerprint density at radius 2 is 1.93 bits per heavy atom. The van der Waals surface area contributed by atoms with Crippen LogP contribution in [0.25, 0.3) is 0 Å². The van der Waals surface area contributed by atoms with Crippen molar-refractivity contribution in [3.63, 3.8) is 0 Å². The highest BCUT2D eigenvalue weighted by atomic mass is 32.2. The zero-order chi connectivity index (χ0) is 19.6. The van der Waals surface area contributed by atoms with Crippen LogP contribution in [0.4, 0.5) is 0 Å². The molecule has 8 heteroatoms. The van der Waals surface area contributed by atoms with Gasteiger partial charge in [-0.15, -0.1) is 0 Å². The molecule has 0 unspecified atom stereocenters. The van der Waals surface area contributed by atoms with Gasteiger partial charge in [-0.2, -0.15) is 0 Å². The van der Waals surface area contributed by atoms with Gasteiger partial charge in [0.05, 0.1) is 36.3 Å². The first-order chi connectivity index (χ1) is 13.0. The molecule has 2 aliphatic heterocycles. The normalized spacial score (nSPS) is 21.9.